The normalized spacial score (nSPS) is 19.4. The second kappa shape index (κ2) is 7.20. The van der Waals surface area contributed by atoms with Gasteiger partial charge in [-0.3, -0.25) is 0 Å². The third kappa shape index (κ3) is 4.58. The summed E-state index contributed by atoms with van der Waals surface area (Å²) in [6.07, 6.45) is 2.17. The molecule has 2 rings (SSSR count). The van der Waals surface area contributed by atoms with Gasteiger partial charge >= 0.3 is 0 Å². The number of oxazole rings is 1. The van der Waals surface area contributed by atoms with Gasteiger partial charge in [-0.15, -0.1) is 0 Å². The fraction of sp³-hybridized carbons (Fsp3) is 0.800. The maximum atomic E-state index is 9.39. The first-order valence-electron chi connectivity index (χ1n) is 7.58. The van der Waals surface area contributed by atoms with Gasteiger partial charge in [-0.05, 0) is 59.2 Å². The number of nitrogens with zero attached hydrogens (tertiary/aromatic N) is 2. The predicted molar refractivity (Wildman–Crippen MR) is 78.5 cm³/mol. The second-order valence-electron chi connectivity index (χ2n) is 5.97. The van der Waals surface area contributed by atoms with E-state index >= 15 is 0 Å². The minimum Gasteiger partial charge on any atom is -0.444 e. The van der Waals surface area contributed by atoms with E-state index < -0.39 is 0 Å². The van der Waals surface area contributed by atoms with E-state index in [2.05, 4.69) is 15.2 Å². The molecule has 1 atom stereocenters. The van der Waals surface area contributed by atoms with Crippen molar-refractivity contribution < 1.29 is 9.52 Å². The van der Waals surface area contributed by atoms with Crippen molar-refractivity contribution in [2.24, 2.45) is 5.92 Å². The number of aliphatic hydroxyl groups excluding tert-OH is 1. The molecule has 114 valence electrons. The number of rotatable bonds is 6. The van der Waals surface area contributed by atoms with Crippen molar-refractivity contribution in [3.8, 4) is 0 Å². The molecule has 1 aromatic heterocycles. The first kappa shape index (κ1) is 15.5. The molecule has 0 unspecified atom stereocenters. The van der Waals surface area contributed by atoms with Gasteiger partial charge in [0.2, 0.25) is 5.89 Å². The Labute approximate surface area is 121 Å². The molecular weight excluding hydrogens is 254 g/mol. The zero-order valence-electron chi connectivity index (χ0n) is 12.9. The van der Waals surface area contributed by atoms with Crippen LogP contribution >= 0.6 is 0 Å². The van der Waals surface area contributed by atoms with Crippen molar-refractivity contribution in [2.45, 2.75) is 46.3 Å². The van der Waals surface area contributed by atoms with E-state index in [1.54, 1.807) is 0 Å². The predicted octanol–water partition coefficient (Wildman–Crippen LogP) is 1.47. The summed E-state index contributed by atoms with van der Waals surface area (Å²) in [5, 5.41) is 12.8. The highest BCUT2D eigenvalue weighted by Crippen LogP contribution is 2.16. The molecule has 2 N–H and O–H groups in total. The minimum absolute atomic E-state index is 0.221. The number of hydrogen-bond acceptors (Lipinski definition) is 5. The van der Waals surface area contributed by atoms with Crippen molar-refractivity contribution in [3.05, 3.63) is 17.3 Å². The Hall–Kier alpha value is -0.910. The number of aliphatic hydroxyl groups is 1. The van der Waals surface area contributed by atoms with Crippen LogP contribution in [0.4, 0.5) is 0 Å². The highest BCUT2D eigenvalue weighted by atomic mass is 16.4. The van der Waals surface area contributed by atoms with Gasteiger partial charge in [0.15, 0.2) is 0 Å². The first-order valence-corrected chi connectivity index (χ1v) is 7.58. The molecule has 0 saturated carbocycles. The monoisotopic (exact) mass is 281 g/mol. The van der Waals surface area contributed by atoms with Gasteiger partial charge in [0.05, 0.1) is 18.3 Å². The topological polar surface area (TPSA) is 61.5 Å². The van der Waals surface area contributed by atoms with Crippen LogP contribution in [0.5, 0.6) is 0 Å². The summed E-state index contributed by atoms with van der Waals surface area (Å²) in [5.74, 6) is 2.41. The van der Waals surface area contributed by atoms with Crippen LogP contribution in [-0.4, -0.2) is 47.3 Å². The Morgan fingerprint density at radius 2 is 2.10 bits per heavy atom. The molecule has 1 aliphatic rings. The lowest BCUT2D eigenvalue weighted by atomic mass is 9.96. The summed E-state index contributed by atoms with van der Waals surface area (Å²) in [4.78, 5) is 6.72. The maximum Gasteiger partial charge on any atom is 0.208 e. The smallest absolute Gasteiger partial charge is 0.208 e. The second-order valence-corrected chi connectivity index (χ2v) is 5.97. The van der Waals surface area contributed by atoms with Crippen molar-refractivity contribution in [1.29, 1.82) is 0 Å². The van der Waals surface area contributed by atoms with Crippen LogP contribution in [0.3, 0.4) is 0 Å². The third-order valence-electron chi connectivity index (χ3n) is 4.01. The summed E-state index contributed by atoms with van der Waals surface area (Å²) in [6.45, 7) is 10.5. The lowest BCUT2D eigenvalue weighted by molar-refractivity contribution is 0.0997. The molecule has 0 bridgehead atoms. The van der Waals surface area contributed by atoms with Gasteiger partial charge in [-0.2, -0.15) is 0 Å². The molecule has 0 spiro atoms. The molecule has 1 aliphatic heterocycles. The van der Waals surface area contributed by atoms with E-state index in [1.165, 1.54) is 12.8 Å². The van der Waals surface area contributed by atoms with E-state index in [9.17, 15) is 5.11 Å². The highest BCUT2D eigenvalue weighted by Gasteiger charge is 2.19. The molecule has 5 nitrogen and oxygen atoms in total. The Kier molecular flexibility index (Phi) is 5.57. The van der Waals surface area contributed by atoms with Crippen LogP contribution in [0.1, 0.15) is 37.1 Å². The SMILES string of the molecule is Cc1nc(CNCC2CCN(C[C@@H](C)O)CC2)oc1C. The minimum atomic E-state index is -0.221. The van der Waals surface area contributed by atoms with Crippen LogP contribution in [0.2, 0.25) is 0 Å². The largest absolute Gasteiger partial charge is 0.444 e. The lowest BCUT2D eigenvalue weighted by Crippen LogP contribution is -2.40. The molecule has 1 saturated heterocycles. The van der Waals surface area contributed by atoms with E-state index in [4.69, 9.17) is 4.42 Å². The van der Waals surface area contributed by atoms with E-state index in [0.717, 1.165) is 49.4 Å². The number of aryl methyl sites for hydroxylation is 2. The Balaban J connectivity index is 1.64. The quantitative estimate of drug-likeness (QED) is 0.827. The fourth-order valence-corrected chi connectivity index (χ4v) is 2.74. The lowest BCUT2D eigenvalue weighted by Gasteiger charge is -2.32. The zero-order chi connectivity index (χ0) is 14.5. The van der Waals surface area contributed by atoms with Gasteiger partial charge in [-0.25, -0.2) is 4.98 Å². The van der Waals surface area contributed by atoms with Crippen molar-refractivity contribution in [2.75, 3.05) is 26.2 Å². The molecule has 0 amide bonds. The molecule has 0 aromatic carbocycles. The van der Waals surface area contributed by atoms with Crippen LogP contribution in [0.15, 0.2) is 4.42 Å². The molecule has 0 radical (unpaired) electrons. The summed E-state index contributed by atoms with van der Waals surface area (Å²) in [7, 11) is 0. The zero-order valence-corrected chi connectivity index (χ0v) is 12.9. The van der Waals surface area contributed by atoms with Crippen molar-refractivity contribution in [1.82, 2.24) is 15.2 Å². The van der Waals surface area contributed by atoms with Gasteiger partial charge in [0.25, 0.3) is 0 Å². The fourth-order valence-electron chi connectivity index (χ4n) is 2.74. The number of piperidine rings is 1. The van der Waals surface area contributed by atoms with Crippen molar-refractivity contribution in [3.63, 3.8) is 0 Å². The molecule has 2 heterocycles. The Morgan fingerprint density at radius 3 is 2.65 bits per heavy atom. The first-order chi connectivity index (χ1) is 9.54. The van der Waals surface area contributed by atoms with E-state index in [-0.39, 0.29) is 6.10 Å². The van der Waals surface area contributed by atoms with Crippen LogP contribution in [0.25, 0.3) is 0 Å². The average Bonchev–Trinajstić information content (AvgIpc) is 2.70. The number of hydrogen-bond donors (Lipinski definition) is 2. The molecule has 5 heteroatoms. The van der Waals surface area contributed by atoms with Crippen molar-refractivity contribution >= 4 is 0 Å². The van der Waals surface area contributed by atoms with Gasteiger partial charge < -0.3 is 19.7 Å². The Morgan fingerprint density at radius 1 is 1.40 bits per heavy atom. The van der Waals surface area contributed by atoms with Gasteiger partial charge in [-0.1, -0.05) is 0 Å². The molecule has 1 fully saturated rings. The van der Waals surface area contributed by atoms with E-state index in [0.29, 0.717) is 6.54 Å². The third-order valence-corrected chi connectivity index (χ3v) is 4.01. The van der Waals surface area contributed by atoms with Gasteiger partial charge in [0.1, 0.15) is 5.76 Å². The highest BCUT2D eigenvalue weighted by molar-refractivity contribution is 5.05. The number of β-amino-alcohol motifs (C(OH)–C–C–N with tert-alkyl or cyclic N) is 1. The average molecular weight is 281 g/mol. The molecule has 1 aromatic rings. The maximum absolute atomic E-state index is 9.39. The van der Waals surface area contributed by atoms with Crippen LogP contribution in [-0.2, 0) is 6.54 Å². The number of nitrogens with one attached hydrogen (secondary N) is 1. The van der Waals surface area contributed by atoms with E-state index in [1.807, 2.05) is 20.8 Å². The number of likely N-dealkylation sites (tertiary alicyclic amines) is 1. The molecule has 20 heavy (non-hydrogen) atoms. The summed E-state index contributed by atoms with van der Waals surface area (Å²) in [6, 6.07) is 0. The van der Waals surface area contributed by atoms with Crippen LogP contribution < -0.4 is 5.32 Å². The van der Waals surface area contributed by atoms with Gasteiger partial charge in [0, 0.05) is 6.54 Å². The standard InChI is InChI=1S/C15H27N3O2/c1-11(19)10-18-6-4-14(5-7-18)8-16-9-15-17-12(2)13(3)20-15/h11,14,16,19H,4-10H2,1-3H3/t11-/m1/s1. The van der Waals surface area contributed by atoms with Crippen LogP contribution in [0, 0.1) is 19.8 Å². The summed E-state index contributed by atoms with van der Waals surface area (Å²) in [5.41, 5.74) is 0.980. The number of aromatic nitrogens is 1. The summed E-state index contributed by atoms with van der Waals surface area (Å²) >= 11 is 0. The molecular formula is C15H27N3O2. The Bertz CT molecular complexity index is 390. The molecule has 0 aliphatic carbocycles. The summed E-state index contributed by atoms with van der Waals surface area (Å²) < 4.78 is 5.55.